The molecule has 0 unspecified atom stereocenters. The Morgan fingerprint density at radius 3 is 2.22 bits per heavy atom. The van der Waals surface area contributed by atoms with Crippen LogP contribution in [0.4, 0.5) is 0 Å². The molecule has 0 fully saturated rings. The first-order chi connectivity index (χ1) is 8.72. The summed E-state index contributed by atoms with van der Waals surface area (Å²) < 4.78 is 0. The zero-order chi connectivity index (χ0) is 12.7. The van der Waals surface area contributed by atoms with Gasteiger partial charge in [-0.15, -0.1) is 0 Å². The molecule has 1 aliphatic rings. The van der Waals surface area contributed by atoms with Crippen LogP contribution in [0, 0.1) is 0 Å². The average molecular weight is 240 g/mol. The lowest BCUT2D eigenvalue weighted by atomic mass is 9.86. The Balaban J connectivity index is 2.31. The highest BCUT2D eigenvalue weighted by Gasteiger charge is 2.21. The van der Waals surface area contributed by atoms with Gasteiger partial charge in [0.05, 0.1) is 0 Å². The van der Waals surface area contributed by atoms with Crippen molar-refractivity contribution in [3.05, 3.63) is 47.0 Å². The van der Waals surface area contributed by atoms with Crippen LogP contribution in [0.5, 0.6) is 11.5 Å². The molecular formula is C16H16O2. The Bertz CT molecular complexity index is 654. The van der Waals surface area contributed by atoms with Crippen molar-refractivity contribution in [2.45, 2.75) is 26.2 Å². The highest BCUT2D eigenvalue weighted by molar-refractivity contribution is 5.95. The SMILES string of the molecule is CCC1=CCc2c(c(O)c3ccccc3c2O)C1. The normalized spacial score (nSPS) is 14.4. The van der Waals surface area contributed by atoms with Crippen LogP contribution in [-0.4, -0.2) is 10.2 Å². The minimum atomic E-state index is 0.324. The summed E-state index contributed by atoms with van der Waals surface area (Å²) >= 11 is 0. The summed E-state index contributed by atoms with van der Waals surface area (Å²) in [4.78, 5) is 0. The lowest BCUT2D eigenvalue weighted by Crippen LogP contribution is -2.04. The third-order valence-corrected chi connectivity index (χ3v) is 3.83. The van der Waals surface area contributed by atoms with E-state index in [9.17, 15) is 10.2 Å². The van der Waals surface area contributed by atoms with Crippen molar-refractivity contribution in [2.75, 3.05) is 0 Å². The van der Waals surface area contributed by atoms with Crippen LogP contribution in [-0.2, 0) is 12.8 Å². The highest BCUT2D eigenvalue weighted by Crippen LogP contribution is 2.42. The number of phenols is 2. The van der Waals surface area contributed by atoms with Crippen LogP contribution in [0.1, 0.15) is 24.5 Å². The molecule has 0 aliphatic heterocycles. The van der Waals surface area contributed by atoms with E-state index < -0.39 is 0 Å². The molecule has 0 saturated carbocycles. The van der Waals surface area contributed by atoms with E-state index in [1.54, 1.807) is 0 Å². The van der Waals surface area contributed by atoms with Crippen molar-refractivity contribution in [1.29, 1.82) is 0 Å². The van der Waals surface area contributed by atoms with Gasteiger partial charge in [0.1, 0.15) is 11.5 Å². The molecule has 0 spiro atoms. The Morgan fingerprint density at radius 2 is 1.61 bits per heavy atom. The number of aromatic hydroxyl groups is 2. The van der Waals surface area contributed by atoms with Crippen LogP contribution in [0.2, 0.25) is 0 Å². The lowest BCUT2D eigenvalue weighted by Gasteiger charge is -2.20. The zero-order valence-corrected chi connectivity index (χ0v) is 10.4. The van der Waals surface area contributed by atoms with Crippen LogP contribution in [0.15, 0.2) is 35.9 Å². The van der Waals surface area contributed by atoms with E-state index in [4.69, 9.17) is 0 Å². The zero-order valence-electron chi connectivity index (χ0n) is 10.4. The summed E-state index contributed by atoms with van der Waals surface area (Å²) in [5.74, 6) is 0.655. The Labute approximate surface area is 106 Å². The van der Waals surface area contributed by atoms with Gasteiger partial charge in [0.2, 0.25) is 0 Å². The maximum atomic E-state index is 10.4. The molecule has 18 heavy (non-hydrogen) atoms. The van der Waals surface area contributed by atoms with Gasteiger partial charge in [-0.3, -0.25) is 0 Å². The first-order valence-electron chi connectivity index (χ1n) is 6.34. The Morgan fingerprint density at radius 1 is 1.00 bits per heavy atom. The minimum Gasteiger partial charge on any atom is -0.507 e. The Hall–Kier alpha value is -1.96. The van der Waals surface area contributed by atoms with Gasteiger partial charge in [0, 0.05) is 21.9 Å². The standard InChI is InChI=1S/C16H16O2/c1-2-10-7-8-13-14(9-10)16(18)12-6-4-3-5-11(12)15(13)17/h3-7,17-18H,2,8-9H2,1H3. The number of rotatable bonds is 1. The molecule has 0 amide bonds. The topological polar surface area (TPSA) is 40.5 Å². The maximum Gasteiger partial charge on any atom is 0.127 e. The van der Waals surface area contributed by atoms with Crippen molar-refractivity contribution < 1.29 is 10.2 Å². The summed E-state index contributed by atoms with van der Waals surface area (Å²) in [5.41, 5.74) is 3.10. The first kappa shape index (κ1) is 11.1. The fraction of sp³-hybridized carbons (Fsp3) is 0.250. The van der Waals surface area contributed by atoms with E-state index >= 15 is 0 Å². The predicted molar refractivity (Wildman–Crippen MR) is 73.1 cm³/mol. The van der Waals surface area contributed by atoms with Gasteiger partial charge in [0.25, 0.3) is 0 Å². The molecule has 2 N–H and O–H groups in total. The van der Waals surface area contributed by atoms with E-state index in [0.717, 1.165) is 34.7 Å². The summed E-state index contributed by atoms with van der Waals surface area (Å²) in [6.07, 6.45) is 4.61. The molecule has 0 saturated heterocycles. The van der Waals surface area contributed by atoms with Crippen LogP contribution in [0.25, 0.3) is 10.8 Å². The molecule has 1 aliphatic carbocycles. The average Bonchev–Trinajstić information content (AvgIpc) is 2.44. The number of hydrogen-bond acceptors (Lipinski definition) is 2. The van der Waals surface area contributed by atoms with Gasteiger partial charge in [-0.05, 0) is 19.3 Å². The monoisotopic (exact) mass is 240 g/mol. The fourth-order valence-electron chi connectivity index (χ4n) is 2.73. The highest BCUT2D eigenvalue weighted by atomic mass is 16.3. The molecule has 92 valence electrons. The third-order valence-electron chi connectivity index (χ3n) is 3.83. The maximum absolute atomic E-state index is 10.4. The molecule has 0 aromatic heterocycles. The molecule has 0 atom stereocenters. The second-order valence-corrected chi connectivity index (χ2v) is 4.80. The Kier molecular flexibility index (Phi) is 2.51. The van der Waals surface area contributed by atoms with Crippen molar-refractivity contribution in [2.24, 2.45) is 0 Å². The second-order valence-electron chi connectivity index (χ2n) is 4.80. The molecule has 2 aromatic carbocycles. The van der Waals surface area contributed by atoms with Crippen molar-refractivity contribution in [1.82, 2.24) is 0 Å². The number of fused-ring (bicyclic) bond motifs is 2. The minimum absolute atomic E-state index is 0.324. The molecule has 0 radical (unpaired) electrons. The van der Waals surface area contributed by atoms with Crippen molar-refractivity contribution in [3.8, 4) is 11.5 Å². The number of phenolic OH excluding ortho intramolecular Hbond substituents is 2. The molecule has 2 heteroatoms. The molecule has 3 rings (SSSR count). The van der Waals surface area contributed by atoms with Crippen LogP contribution >= 0.6 is 0 Å². The molecular weight excluding hydrogens is 224 g/mol. The van der Waals surface area contributed by atoms with Gasteiger partial charge >= 0.3 is 0 Å². The predicted octanol–water partition coefficient (Wildman–Crippen LogP) is 3.69. The summed E-state index contributed by atoms with van der Waals surface area (Å²) in [6, 6.07) is 7.47. The number of benzene rings is 2. The largest absolute Gasteiger partial charge is 0.507 e. The van der Waals surface area contributed by atoms with E-state index in [2.05, 4.69) is 13.0 Å². The second kappa shape index (κ2) is 4.05. The number of hydrogen-bond donors (Lipinski definition) is 2. The fourth-order valence-corrected chi connectivity index (χ4v) is 2.73. The molecule has 2 nitrogen and oxygen atoms in total. The summed E-state index contributed by atoms with van der Waals surface area (Å²) in [5, 5.41) is 22.2. The van der Waals surface area contributed by atoms with E-state index in [-0.39, 0.29) is 0 Å². The smallest absolute Gasteiger partial charge is 0.127 e. The van der Waals surface area contributed by atoms with Crippen LogP contribution in [0.3, 0.4) is 0 Å². The molecule has 2 aromatic rings. The van der Waals surface area contributed by atoms with Gasteiger partial charge in [-0.2, -0.15) is 0 Å². The lowest BCUT2D eigenvalue weighted by molar-refractivity contribution is 0.458. The number of allylic oxidation sites excluding steroid dienone is 2. The quantitative estimate of drug-likeness (QED) is 0.589. The molecule has 0 bridgehead atoms. The van der Waals surface area contributed by atoms with Gasteiger partial charge < -0.3 is 10.2 Å². The van der Waals surface area contributed by atoms with Crippen molar-refractivity contribution in [3.63, 3.8) is 0 Å². The first-order valence-corrected chi connectivity index (χ1v) is 6.34. The summed E-state index contributed by atoms with van der Waals surface area (Å²) in [7, 11) is 0. The van der Waals surface area contributed by atoms with Crippen LogP contribution < -0.4 is 0 Å². The van der Waals surface area contributed by atoms with Gasteiger partial charge in [-0.25, -0.2) is 0 Å². The van der Waals surface area contributed by atoms with E-state index in [1.165, 1.54) is 5.57 Å². The van der Waals surface area contributed by atoms with E-state index in [0.29, 0.717) is 17.9 Å². The third kappa shape index (κ3) is 1.49. The summed E-state index contributed by atoms with van der Waals surface area (Å²) in [6.45, 7) is 2.12. The van der Waals surface area contributed by atoms with E-state index in [1.807, 2.05) is 24.3 Å². The van der Waals surface area contributed by atoms with Crippen molar-refractivity contribution >= 4 is 10.8 Å². The van der Waals surface area contributed by atoms with Gasteiger partial charge in [0.15, 0.2) is 0 Å². The van der Waals surface area contributed by atoms with Gasteiger partial charge in [-0.1, -0.05) is 42.8 Å². The molecule has 0 heterocycles.